The van der Waals surface area contributed by atoms with Crippen molar-refractivity contribution in [2.45, 2.75) is 122 Å². The van der Waals surface area contributed by atoms with Crippen molar-refractivity contribution in [1.82, 2.24) is 0 Å². The molecule has 40 heavy (non-hydrogen) atoms. The van der Waals surface area contributed by atoms with E-state index in [1.807, 2.05) is 19.9 Å². The summed E-state index contributed by atoms with van der Waals surface area (Å²) in [6.07, 6.45) is 17.7. The average Bonchev–Trinajstić information content (AvgIpc) is 3.52. The van der Waals surface area contributed by atoms with Gasteiger partial charge in [-0.1, -0.05) is 86.6 Å². The molecule has 5 N–H and O–H groups in total. The number of rotatable bonds is 6. The quantitative estimate of drug-likeness (QED) is 0.286. The number of nitrogens with two attached hydrogens (primary N) is 1. The van der Waals surface area contributed by atoms with Gasteiger partial charge in [-0.15, -0.1) is 0 Å². The minimum absolute atomic E-state index is 0.152. The molecule has 0 aliphatic heterocycles. The molecule has 4 aliphatic carbocycles. The molecule has 0 bridgehead atoms. The summed E-state index contributed by atoms with van der Waals surface area (Å²) in [4.78, 5) is 0. The van der Waals surface area contributed by atoms with Gasteiger partial charge in [0.15, 0.2) is 0 Å². The SMILES string of the molecule is C[C@H](/C=C/[C@H](C)C(C)(C)O)[C@H]1CC[C@H]2/C(=C/C=C3C[C@@H](O)C[C@H](O)C3)CCC[C@]12C.N[C@@H]1C[C@H]1c1ccccc1. The Kier molecular flexibility index (Phi) is 10.2. The third kappa shape index (κ3) is 7.76. The van der Waals surface area contributed by atoms with Crippen LogP contribution < -0.4 is 5.73 Å². The normalized spacial score (nSPS) is 36.5. The predicted molar refractivity (Wildman–Crippen MR) is 166 cm³/mol. The van der Waals surface area contributed by atoms with Gasteiger partial charge in [0.25, 0.3) is 0 Å². The molecule has 0 spiro atoms. The van der Waals surface area contributed by atoms with E-state index in [-0.39, 0.29) is 5.92 Å². The van der Waals surface area contributed by atoms with E-state index in [1.54, 1.807) is 5.57 Å². The van der Waals surface area contributed by atoms with E-state index in [0.717, 1.165) is 0 Å². The van der Waals surface area contributed by atoms with Crippen molar-refractivity contribution in [3.63, 3.8) is 0 Å². The molecule has 0 unspecified atom stereocenters. The topological polar surface area (TPSA) is 86.7 Å². The van der Waals surface area contributed by atoms with E-state index in [0.29, 0.717) is 54.4 Å². The third-order valence-corrected chi connectivity index (χ3v) is 10.6. The number of fused-ring (bicyclic) bond motifs is 1. The fourth-order valence-corrected chi connectivity index (χ4v) is 7.68. The Bertz CT molecular complexity index is 1040. The highest BCUT2D eigenvalue weighted by molar-refractivity contribution is 5.28. The molecule has 4 fully saturated rings. The molecule has 4 nitrogen and oxygen atoms in total. The number of aliphatic hydroxyl groups is 3. The Morgan fingerprint density at radius 2 is 1.62 bits per heavy atom. The highest BCUT2D eigenvalue weighted by Crippen LogP contribution is 2.59. The van der Waals surface area contributed by atoms with Crippen LogP contribution in [0.2, 0.25) is 0 Å². The number of hydrogen-bond donors (Lipinski definition) is 4. The van der Waals surface area contributed by atoms with Crippen LogP contribution in [0.15, 0.2) is 65.8 Å². The number of aliphatic hydroxyl groups excluding tert-OH is 2. The van der Waals surface area contributed by atoms with Crippen LogP contribution in [0, 0.1) is 29.1 Å². The second kappa shape index (κ2) is 13.1. The van der Waals surface area contributed by atoms with Crippen LogP contribution in [0.4, 0.5) is 0 Å². The molecular formula is C36H55NO3. The molecular weight excluding hydrogens is 494 g/mol. The lowest BCUT2D eigenvalue weighted by atomic mass is 9.61. The fourth-order valence-electron chi connectivity index (χ4n) is 7.68. The van der Waals surface area contributed by atoms with Gasteiger partial charge in [-0.3, -0.25) is 0 Å². The summed E-state index contributed by atoms with van der Waals surface area (Å²) in [5, 5.41) is 30.2. The molecule has 0 amide bonds. The monoisotopic (exact) mass is 549 g/mol. The molecule has 0 heterocycles. The summed E-state index contributed by atoms with van der Waals surface area (Å²) in [6.45, 7) is 10.7. The van der Waals surface area contributed by atoms with E-state index < -0.39 is 17.8 Å². The molecule has 0 saturated heterocycles. The lowest BCUT2D eigenvalue weighted by Crippen LogP contribution is -2.35. The number of benzene rings is 1. The van der Waals surface area contributed by atoms with Gasteiger partial charge in [0.05, 0.1) is 17.8 Å². The van der Waals surface area contributed by atoms with Crippen molar-refractivity contribution in [2.24, 2.45) is 34.8 Å². The van der Waals surface area contributed by atoms with Gasteiger partial charge in [-0.2, -0.15) is 0 Å². The molecule has 4 heteroatoms. The highest BCUT2D eigenvalue weighted by atomic mass is 16.3. The maximum Gasteiger partial charge on any atom is 0.0651 e. The largest absolute Gasteiger partial charge is 0.393 e. The van der Waals surface area contributed by atoms with Gasteiger partial charge >= 0.3 is 0 Å². The summed E-state index contributed by atoms with van der Waals surface area (Å²) in [7, 11) is 0. The molecule has 1 aromatic carbocycles. The first-order valence-corrected chi connectivity index (χ1v) is 15.8. The Labute approximate surface area is 243 Å². The van der Waals surface area contributed by atoms with E-state index in [9.17, 15) is 15.3 Å². The maximum absolute atomic E-state index is 10.2. The molecule has 1 aromatic rings. The minimum Gasteiger partial charge on any atom is -0.393 e. The molecule has 4 aliphatic rings. The smallest absolute Gasteiger partial charge is 0.0651 e. The van der Waals surface area contributed by atoms with Crippen molar-refractivity contribution < 1.29 is 15.3 Å². The molecule has 9 atom stereocenters. The lowest BCUT2D eigenvalue weighted by Gasteiger charge is -2.44. The summed E-state index contributed by atoms with van der Waals surface area (Å²) < 4.78 is 0. The van der Waals surface area contributed by atoms with Gasteiger partial charge in [0.2, 0.25) is 0 Å². The maximum atomic E-state index is 10.2. The molecule has 5 rings (SSSR count). The van der Waals surface area contributed by atoms with Crippen molar-refractivity contribution >= 4 is 0 Å². The molecule has 4 saturated carbocycles. The van der Waals surface area contributed by atoms with Crippen LogP contribution in [0.5, 0.6) is 0 Å². The van der Waals surface area contributed by atoms with Gasteiger partial charge in [-0.05, 0) is 100 Å². The zero-order valence-corrected chi connectivity index (χ0v) is 25.6. The van der Waals surface area contributed by atoms with Gasteiger partial charge < -0.3 is 21.1 Å². The molecule has 0 aromatic heterocycles. The first-order chi connectivity index (χ1) is 18.9. The zero-order valence-electron chi connectivity index (χ0n) is 25.6. The summed E-state index contributed by atoms with van der Waals surface area (Å²) >= 11 is 0. The summed E-state index contributed by atoms with van der Waals surface area (Å²) in [5.41, 5.74) is 9.53. The first-order valence-electron chi connectivity index (χ1n) is 15.8. The van der Waals surface area contributed by atoms with Gasteiger partial charge in [0.1, 0.15) is 0 Å². The van der Waals surface area contributed by atoms with Crippen molar-refractivity contribution in [3.05, 3.63) is 71.3 Å². The Morgan fingerprint density at radius 1 is 0.975 bits per heavy atom. The molecule has 222 valence electrons. The highest BCUT2D eigenvalue weighted by Gasteiger charge is 2.50. The van der Waals surface area contributed by atoms with E-state index in [1.165, 1.54) is 49.7 Å². The minimum atomic E-state index is -0.674. The fraction of sp³-hybridized carbons (Fsp3) is 0.667. The predicted octanol–water partition coefficient (Wildman–Crippen LogP) is 7.06. The van der Waals surface area contributed by atoms with Crippen LogP contribution in [-0.2, 0) is 0 Å². The van der Waals surface area contributed by atoms with Crippen LogP contribution in [0.3, 0.4) is 0 Å². The third-order valence-electron chi connectivity index (χ3n) is 10.6. The number of allylic oxidation sites excluding steroid dienone is 4. The van der Waals surface area contributed by atoms with E-state index in [4.69, 9.17) is 5.73 Å². The van der Waals surface area contributed by atoms with Crippen LogP contribution in [0.25, 0.3) is 0 Å². The standard InChI is InChI=1S/C27H44O3.C9H11N/c1-18(8-9-19(2)26(3,4)30)24-12-13-25-21(7-6-14-27(24,25)5)11-10-20-15-22(28)17-23(29)16-20;10-9-6-8(9)7-4-2-1-3-5-7/h8-11,18-19,22-25,28-30H,6-7,12-17H2,1-5H3;1-5,8-9H,6,10H2/b9-8+,21-11+;/t18-,19+,22-,23-,24-,25+,27-;8-,9+/m10/s1. The van der Waals surface area contributed by atoms with Crippen molar-refractivity contribution in [2.75, 3.05) is 0 Å². The summed E-state index contributed by atoms with van der Waals surface area (Å²) in [6, 6.07) is 10.9. The van der Waals surface area contributed by atoms with E-state index >= 15 is 0 Å². The van der Waals surface area contributed by atoms with Crippen molar-refractivity contribution in [3.8, 4) is 0 Å². The van der Waals surface area contributed by atoms with Gasteiger partial charge in [0, 0.05) is 17.9 Å². The zero-order chi connectivity index (χ0) is 29.1. The summed E-state index contributed by atoms with van der Waals surface area (Å²) in [5.74, 6) is 2.66. The van der Waals surface area contributed by atoms with Crippen LogP contribution in [-0.4, -0.2) is 39.2 Å². The second-order valence-electron chi connectivity index (χ2n) is 14.2. The van der Waals surface area contributed by atoms with Crippen LogP contribution >= 0.6 is 0 Å². The lowest BCUT2D eigenvalue weighted by molar-refractivity contribution is 0.0436. The Morgan fingerprint density at radius 3 is 2.23 bits per heavy atom. The van der Waals surface area contributed by atoms with Crippen LogP contribution in [0.1, 0.15) is 104 Å². The van der Waals surface area contributed by atoms with E-state index in [2.05, 4.69) is 69.3 Å². The number of hydrogen-bond acceptors (Lipinski definition) is 4. The average molecular weight is 550 g/mol. The second-order valence-corrected chi connectivity index (χ2v) is 14.2. The Balaban J connectivity index is 0.000000307. The molecule has 0 radical (unpaired) electrons. The van der Waals surface area contributed by atoms with Crippen molar-refractivity contribution in [1.29, 1.82) is 0 Å². The first kappa shape index (κ1) is 31.2. The van der Waals surface area contributed by atoms with Gasteiger partial charge in [-0.25, -0.2) is 0 Å². The Hall–Kier alpha value is -1.72.